The van der Waals surface area contributed by atoms with Gasteiger partial charge in [0.25, 0.3) is 0 Å². The molecule has 3 rings (SSSR count). The first-order valence-corrected chi connectivity index (χ1v) is 11.5. The SMILES string of the molecule is CCCCCCCCCCCC1CC(O)CC2(CCC3(C=CC(=O)C=C3)O2)O1. The van der Waals surface area contributed by atoms with Crippen molar-refractivity contribution in [3.8, 4) is 0 Å². The molecule has 2 aliphatic heterocycles. The van der Waals surface area contributed by atoms with Crippen molar-refractivity contribution in [1.82, 2.24) is 0 Å². The molecule has 2 fully saturated rings. The Labute approximate surface area is 170 Å². The fourth-order valence-corrected chi connectivity index (χ4v) is 4.86. The second-order valence-electron chi connectivity index (χ2n) is 8.99. The van der Waals surface area contributed by atoms with Crippen LogP contribution in [-0.4, -0.2) is 34.5 Å². The van der Waals surface area contributed by atoms with E-state index in [1.807, 2.05) is 12.2 Å². The maximum Gasteiger partial charge on any atom is 0.178 e. The molecule has 3 unspecified atom stereocenters. The van der Waals surface area contributed by atoms with E-state index in [0.29, 0.717) is 12.8 Å². The van der Waals surface area contributed by atoms with Crippen LogP contribution in [0.25, 0.3) is 0 Å². The molecule has 0 amide bonds. The Kier molecular flexibility index (Phi) is 7.90. The summed E-state index contributed by atoms with van der Waals surface area (Å²) in [6, 6.07) is 0. The summed E-state index contributed by atoms with van der Waals surface area (Å²) in [6.45, 7) is 2.26. The van der Waals surface area contributed by atoms with Gasteiger partial charge in [0.15, 0.2) is 11.6 Å². The number of carbonyl (C=O) groups is 1. The number of carbonyl (C=O) groups excluding carboxylic acids is 1. The van der Waals surface area contributed by atoms with Crippen LogP contribution < -0.4 is 0 Å². The zero-order valence-electron chi connectivity index (χ0n) is 17.5. The monoisotopic (exact) mass is 390 g/mol. The Morgan fingerprint density at radius 1 is 1.00 bits per heavy atom. The molecule has 3 aliphatic rings. The zero-order valence-corrected chi connectivity index (χ0v) is 17.5. The second-order valence-corrected chi connectivity index (χ2v) is 8.99. The predicted molar refractivity (Wildman–Crippen MR) is 111 cm³/mol. The third-order valence-electron chi connectivity index (χ3n) is 6.42. The lowest BCUT2D eigenvalue weighted by Gasteiger charge is -2.42. The topological polar surface area (TPSA) is 55.8 Å². The van der Waals surface area contributed by atoms with Gasteiger partial charge in [-0.15, -0.1) is 0 Å². The van der Waals surface area contributed by atoms with Crippen LogP contribution in [0.2, 0.25) is 0 Å². The van der Waals surface area contributed by atoms with E-state index < -0.39 is 11.4 Å². The average molecular weight is 391 g/mol. The first kappa shape index (κ1) is 21.7. The number of aliphatic hydroxyl groups is 1. The standard InChI is InChI=1S/C24H38O4/c1-2-3-4-5-6-7-8-9-10-11-22-18-21(26)19-24(27-22)17-16-23(28-24)14-12-20(25)13-15-23/h12-15,21-22,26H,2-11,16-19H2,1H3. The quantitative estimate of drug-likeness (QED) is 0.508. The van der Waals surface area contributed by atoms with Gasteiger partial charge in [-0.1, -0.05) is 64.7 Å². The highest BCUT2D eigenvalue weighted by atomic mass is 16.7. The number of hydrogen-bond donors (Lipinski definition) is 1. The predicted octanol–water partition coefficient (Wildman–Crippen LogP) is 5.39. The average Bonchev–Trinajstić information content (AvgIpc) is 3.00. The lowest BCUT2D eigenvalue weighted by molar-refractivity contribution is -0.292. The summed E-state index contributed by atoms with van der Waals surface area (Å²) < 4.78 is 12.7. The smallest absolute Gasteiger partial charge is 0.178 e. The number of allylic oxidation sites excluding steroid dienone is 2. The minimum atomic E-state index is -0.698. The van der Waals surface area contributed by atoms with Crippen molar-refractivity contribution in [1.29, 1.82) is 0 Å². The largest absolute Gasteiger partial charge is 0.393 e. The Morgan fingerprint density at radius 2 is 1.64 bits per heavy atom. The number of ether oxygens (including phenoxy) is 2. The molecule has 2 saturated heterocycles. The van der Waals surface area contributed by atoms with E-state index in [-0.39, 0.29) is 18.0 Å². The van der Waals surface area contributed by atoms with Crippen molar-refractivity contribution in [3.63, 3.8) is 0 Å². The molecule has 158 valence electrons. The molecule has 0 radical (unpaired) electrons. The lowest BCUT2D eigenvalue weighted by atomic mass is 9.91. The maximum atomic E-state index is 11.4. The summed E-state index contributed by atoms with van der Waals surface area (Å²) in [6.07, 6.45) is 22.2. The fourth-order valence-electron chi connectivity index (χ4n) is 4.86. The van der Waals surface area contributed by atoms with Crippen LogP contribution in [-0.2, 0) is 14.3 Å². The summed E-state index contributed by atoms with van der Waals surface area (Å²) >= 11 is 0. The van der Waals surface area contributed by atoms with E-state index in [1.165, 1.54) is 51.4 Å². The van der Waals surface area contributed by atoms with Crippen LogP contribution in [0.15, 0.2) is 24.3 Å². The molecule has 0 aromatic heterocycles. The second kappa shape index (κ2) is 10.2. The summed E-state index contributed by atoms with van der Waals surface area (Å²) in [4.78, 5) is 11.4. The highest BCUT2D eigenvalue weighted by Crippen LogP contribution is 2.47. The highest BCUT2D eigenvalue weighted by molar-refractivity contribution is 6.00. The molecule has 1 aliphatic carbocycles. The van der Waals surface area contributed by atoms with Crippen LogP contribution in [0.5, 0.6) is 0 Å². The van der Waals surface area contributed by atoms with E-state index in [9.17, 15) is 9.90 Å². The molecular formula is C24H38O4. The molecule has 0 aromatic carbocycles. The Bertz CT molecular complexity index is 551. The molecule has 4 heteroatoms. The summed E-state index contributed by atoms with van der Waals surface area (Å²) in [5.74, 6) is -0.695. The minimum absolute atomic E-state index is 0.00279. The first-order chi connectivity index (χ1) is 13.5. The van der Waals surface area contributed by atoms with Gasteiger partial charge in [0.2, 0.25) is 0 Å². The summed E-state index contributed by atoms with van der Waals surface area (Å²) in [5, 5.41) is 10.4. The van der Waals surface area contributed by atoms with Crippen molar-refractivity contribution in [2.75, 3.05) is 0 Å². The van der Waals surface area contributed by atoms with Gasteiger partial charge in [-0.05, 0) is 43.6 Å². The third kappa shape index (κ3) is 6.01. The zero-order chi connectivity index (χ0) is 19.9. The van der Waals surface area contributed by atoms with Crippen molar-refractivity contribution >= 4 is 5.78 Å². The van der Waals surface area contributed by atoms with Crippen molar-refractivity contribution in [2.45, 2.75) is 120 Å². The molecule has 2 spiro atoms. The molecule has 0 saturated carbocycles. The van der Waals surface area contributed by atoms with Crippen LogP contribution in [0.1, 0.15) is 96.8 Å². The number of hydrogen-bond acceptors (Lipinski definition) is 4. The van der Waals surface area contributed by atoms with Gasteiger partial charge in [-0.2, -0.15) is 0 Å². The summed E-state index contributed by atoms with van der Waals surface area (Å²) in [5.41, 5.74) is -0.534. The minimum Gasteiger partial charge on any atom is -0.393 e. The third-order valence-corrected chi connectivity index (χ3v) is 6.42. The number of ketones is 1. The maximum absolute atomic E-state index is 11.4. The van der Waals surface area contributed by atoms with Gasteiger partial charge in [0.05, 0.1) is 12.2 Å². The van der Waals surface area contributed by atoms with Crippen LogP contribution in [0.4, 0.5) is 0 Å². The Balaban J connectivity index is 1.39. The van der Waals surface area contributed by atoms with E-state index in [2.05, 4.69) is 6.92 Å². The van der Waals surface area contributed by atoms with Gasteiger partial charge in [-0.3, -0.25) is 4.79 Å². The van der Waals surface area contributed by atoms with E-state index >= 15 is 0 Å². The van der Waals surface area contributed by atoms with Crippen LogP contribution >= 0.6 is 0 Å². The van der Waals surface area contributed by atoms with Crippen molar-refractivity contribution in [2.24, 2.45) is 0 Å². The molecule has 4 nitrogen and oxygen atoms in total. The van der Waals surface area contributed by atoms with Crippen molar-refractivity contribution < 1.29 is 19.4 Å². The van der Waals surface area contributed by atoms with Gasteiger partial charge >= 0.3 is 0 Å². The van der Waals surface area contributed by atoms with Gasteiger partial charge in [0.1, 0.15) is 5.60 Å². The summed E-state index contributed by atoms with van der Waals surface area (Å²) in [7, 11) is 0. The van der Waals surface area contributed by atoms with E-state index in [0.717, 1.165) is 25.7 Å². The van der Waals surface area contributed by atoms with Crippen LogP contribution in [0, 0.1) is 0 Å². The number of rotatable bonds is 10. The fraction of sp³-hybridized carbons (Fsp3) is 0.792. The highest BCUT2D eigenvalue weighted by Gasteiger charge is 2.52. The van der Waals surface area contributed by atoms with Crippen LogP contribution in [0.3, 0.4) is 0 Å². The Morgan fingerprint density at radius 3 is 2.32 bits per heavy atom. The van der Waals surface area contributed by atoms with E-state index in [4.69, 9.17) is 9.47 Å². The lowest BCUT2D eigenvalue weighted by Crippen LogP contribution is -2.47. The Hall–Kier alpha value is -0.970. The molecule has 3 atom stereocenters. The van der Waals surface area contributed by atoms with Crippen molar-refractivity contribution in [3.05, 3.63) is 24.3 Å². The van der Waals surface area contributed by atoms with E-state index in [1.54, 1.807) is 12.2 Å². The molecule has 28 heavy (non-hydrogen) atoms. The number of aliphatic hydroxyl groups excluding tert-OH is 1. The molecular weight excluding hydrogens is 352 g/mol. The molecule has 0 aromatic rings. The molecule has 1 N–H and O–H groups in total. The normalized spacial score (nSPS) is 31.3. The van der Waals surface area contributed by atoms with Gasteiger partial charge < -0.3 is 14.6 Å². The molecule has 2 heterocycles. The van der Waals surface area contributed by atoms with Gasteiger partial charge in [-0.25, -0.2) is 0 Å². The van der Waals surface area contributed by atoms with Gasteiger partial charge in [0, 0.05) is 12.8 Å². The first-order valence-electron chi connectivity index (χ1n) is 11.5. The number of unbranched alkanes of at least 4 members (excludes halogenated alkanes) is 8. The molecule has 0 bridgehead atoms.